The lowest BCUT2D eigenvalue weighted by atomic mass is 10.2. The number of carbonyl (C=O) groups is 3. The van der Waals surface area contributed by atoms with Gasteiger partial charge in [-0.05, 0) is 30.3 Å². The highest BCUT2D eigenvalue weighted by atomic mass is 35.5. The maximum Gasteiger partial charge on any atom is 0.303 e. The fourth-order valence-corrected chi connectivity index (χ4v) is 2.94. The van der Waals surface area contributed by atoms with Crippen LogP contribution in [0.25, 0.3) is 0 Å². The van der Waals surface area contributed by atoms with Gasteiger partial charge in [0.15, 0.2) is 0 Å². The van der Waals surface area contributed by atoms with Crippen molar-refractivity contribution in [1.82, 2.24) is 0 Å². The van der Waals surface area contributed by atoms with Gasteiger partial charge in [-0.3, -0.25) is 14.4 Å². The van der Waals surface area contributed by atoms with Gasteiger partial charge in [-0.2, -0.15) is 0 Å². The molecule has 2 amide bonds. The number of nitrogens with one attached hydrogen (secondary N) is 2. The molecule has 0 aliphatic heterocycles. The van der Waals surface area contributed by atoms with E-state index < -0.39 is 5.97 Å². The second-order valence-electron chi connectivity index (χ2n) is 5.29. The summed E-state index contributed by atoms with van der Waals surface area (Å²) in [6.07, 6.45) is -0.310. The van der Waals surface area contributed by atoms with E-state index in [-0.39, 0.29) is 30.4 Å². The first-order valence-electron chi connectivity index (χ1n) is 7.73. The van der Waals surface area contributed by atoms with Gasteiger partial charge in [0.25, 0.3) is 0 Å². The van der Waals surface area contributed by atoms with Crippen molar-refractivity contribution in [3.8, 4) is 0 Å². The Morgan fingerprint density at radius 2 is 1.73 bits per heavy atom. The molecule has 2 aromatic carbocycles. The normalized spacial score (nSPS) is 10.2. The van der Waals surface area contributed by atoms with Gasteiger partial charge in [0, 0.05) is 17.0 Å². The maximum absolute atomic E-state index is 12.0. The smallest absolute Gasteiger partial charge is 0.303 e. The largest absolute Gasteiger partial charge is 0.481 e. The highest BCUT2D eigenvalue weighted by Gasteiger charge is 2.08. The fourth-order valence-electron chi connectivity index (χ4n) is 2.01. The zero-order chi connectivity index (χ0) is 18.9. The predicted molar refractivity (Wildman–Crippen MR) is 103 cm³/mol. The first-order chi connectivity index (χ1) is 12.4. The summed E-state index contributed by atoms with van der Waals surface area (Å²) in [6.45, 7) is 0. The van der Waals surface area contributed by atoms with Gasteiger partial charge in [0.2, 0.25) is 11.8 Å². The van der Waals surface area contributed by atoms with E-state index in [1.807, 2.05) is 6.07 Å². The molecule has 3 N–H and O–H groups in total. The van der Waals surface area contributed by atoms with Crippen molar-refractivity contribution < 1.29 is 19.5 Å². The molecule has 0 saturated heterocycles. The molecule has 0 unspecified atom stereocenters. The molecular weight excluding hydrogens is 376 g/mol. The average Bonchev–Trinajstić information content (AvgIpc) is 2.60. The number of anilines is 2. The molecule has 2 aromatic rings. The lowest BCUT2D eigenvalue weighted by molar-refractivity contribution is -0.138. The highest BCUT2D eigenvalue weighted by Crippen LogP contribution is 2.24. The summed E-state index contributed by atoms with van der Waals surface area (Å²) in [5, 5.41) is 14.4. The molecule has 0 aliphatic rings. The van der Waals surface area contributed by atoms with Crippen molar-refractivity contribution in [2.45, 2.75) is 17.7 Å². The standard InChI is InChI=1S/C18H17ClN2O4S/c19-14-6-1-2-7-15(14)21-17(23)11-26-13-5-3-4-12(10-13)20-16(22)8-9-18(24)25/h1-7,10H,8-9,11H2,(H,20,22)(H,21,23)(H,24,25). The summed E-state index contributed by atoms with van der Waals surface area (Å²) in [5.41, 5.74) is 1.11. The summed E-state index contributed by atoms with van der Waals surface area (Å²) in [5.74, 6) is -1.40. The summed E-state index contributed by atoms with van der Waals surface area (Å²) in [7, 11) is 0. The lowest BCUT2D eigenvalue weighted by Crippen LogP contribution is -2.14. The van der Waals surface area contributed by atoms with Crippen molar-refractivity contribution in [2.24, 2.45) is 0 Å². The Labute approximate surface area is 159 Å². The molecular formula is C18H17ClN2O4S. The van der Waals surface area contributed by atoms with Crippen molar-refractivity contribution in [2.75, 3.05) is 16.4 Å². The molecule has 0 radical (unpaired) electrons. The van der Waals surface area contributed by atoms with E-state index >= 15 is 0 Å². The van der Waals surface area contributed by atoms with Crippen LogP contribution in [-0.2, 0) is 14.4 Å². The van der Waals surface area contributed by atoms with Gasteiger partial charge in [-0.1, -0.05) is 29.8 Å². The first-order valence-corrected chi connectivity index (χ1v) is 9.09. The van der Waals surface area contributed by atoms with Crippen LogP contribution >= 0.6 is 23.4 Å². The Balaban J connectivity index is 1.86. The van der Waals surface area contributed by atoms with Gasteiger partial charge in [0.1, 0.15) is 0 Å². The number of benzene rings is 2. The Morgan fingerprint density at radius 3 is 2.46 bits per heavy atom. The van der Waals surface area contributed by atoms with Crippen molar-refractivity contribution in [3.63, 3.8) is 0 Å². The zero-order valence-electron chi connectivity index (χ0n) is 13.7. The minimum atomic E-state index is -1.02. The molecule has 136 valence electrons. The molecule has 0 saturated carbocycles. The van der Waals surface area contributed by atoms with Crippen molar-refractivity contribution in [3.05, 3.63) is 53.6 Å². The molecule has 6 nitrogen and oxygen atoms in total. The third-order valence-corrected chi connectivity index (χ3v) is 4.52. The van der Waals surface area contributed by atoms with E-state index in [0.29, 0.717) is 16.4 Å². The van der Waals surface area contributed by atoms with Crippen LogP contribution in [-0.4, -0.2) is 28.6 Å². The number of halogens is 1. The number of amides is 2. The van der Waals surface area contributed by atoms with E-state index in [1.54, 1.807) is 42.5 Å². The van der Waals surface area contributed by atoms with Crippen LogP contribution in [0.3, 0.4) is 0 Å². The Morgan fingerprint density at radius 1 is 0.962 bits per heavy atom. The number of carbonyl (C=O) groups excluding carboxylic acids is 2. The third-order valence-electron chi connectivity index (χ3n) is 3.20. The molecule has 8 heteroatoms. The van der Waals surface area contributed by atoms with Crippen molar-refractivity contribution >= 4 is 52.5 Å². The minimum Gasteiger partial charge on any atom is -0.481 e. The van der Waals surface area contributed by atoms with Crippen LogP contribution in [0.1, 0.15) is 12.8 Å². The summed E-state index contributed by atoms with van der Waals surface area (Å²) < 4.78 is 0. The summed E-state index contributed by atoms with van der Waals surface area (Å²) in [4.78, 5) is 35.0. The van der Waals surface area contributed by atoms with E-state index in [9.17, 15) is 14.4 Å². The lowest BCUT2D eigenvalue weighted by Gasteiger charge is -2.08. The molecule has 0 heterocycles. The summed E-state index contributed by atoms with van der Waals surface area (Å²) >= 11 is 7.31. The fraction of sp³-hybridized carbons (Fsp3) is 0.167. The van der Waals surface area contributed by atoms with Gasteiger partial charge in [0.05, 0.1) is 22.9 Å². The van der Waals surface area contributed by atoms with E-state index in [0.717, 1.165) is 4.90 Å². The van der Waals surface area contributed by atoms with Crippen LogP contribution in [0, 0.1) is 0 Å². The Bertz CT molecular complexity index is 813. The summed E-state index contributed by atoms with van der Waals surface area (Å²) in [6, 6.07) is 14.0. The minimum absolute atomic E-state index is 0.0903. The molecule has 2 rings (SSSR count). The first kappa shape index (κ1) is 19.8. The topological polar surface area (TPSA) is 95.5 Å². The quantitative estimate of drug-likeness (QED) is 0.592. The van der Waals surface area contributed by atoms with Gasteiger partial charge < -0.3 is 15.7 Å². The van der Waals surface area contributed by atoms with E-state index in [1.165, 1.54) is 11.8 Å². The number of rotatable bonds is 8. The van der Waals surface area contributed by atoms with E-state index in [4.69, 9.17) is 16.7 Å². The van der Waals surface area contributed by atoms with Crippen LogP contribution in [0.2, 0.25) is 5.02 Å². The number of hydrogen-bond donors (Lipinski definition) is 3. The van der Waals surface area contributed by atoms with E-state index in [2.05, 4.69) is 10.6 Å². The maximum atomic E-state index is 12.0. The third kappa shape index (κ3) is 6.78. The highest BCUT2D eigenvalue weighted by molar-refractivity contribution is 8.00. The average molecular weight is 393 g/mol. The predicted octanol–water partition coefficient (Wildman–Crippen LogP) is 3.87. The molecule has 0 bridgehead atoms. The van der Waals surface area contributed by atoms with Gasteiger partial charge in [-0.25, -0.2) is 0 Å². The Hall–Kier alpha value is -2.51. The number of thioether (sulfide) groups is 1. The SMILES string of the molecule is O=C(O)CCC(=O)Nc1cccc(SCC(=O)Nc2ccccc2Cl)c1. The number of carboxylic acid groups (broad SMARTS) is 1. The Kier molecular flexibility index (Phi) is 7.50. The van der Waals surface area contributed by atoms with Crippen LogP contribution in [0.4, 0.5) is 11.4 Å². The molecule has 0 fully saturated rings. The molecule has 0 aromatic heterocycles. The second-order valence-corrected chi connectivity index (χ2v) is 6.74. The number of hydrogen-bond acceptors (Lipinski definition) is 4. The van der Waals surface area contributed by atoms with Gasteiger partial charge in [-0.15, -0.1) is 11.8 Å². The van der Waals surface area contributed by atoms with Crippen LogP contribution in [0.15, 0.2) is 53.4 Å². The molecule has 0 aliphatic carbocycles. The van der Waals surface area contributed by atoms with Crippen molar-refractivity contribution in [1.29, 1.82) is 0 Å². The zero-order valence-corrected chi connectivity index (χ0v) is 15.3. The monoisotopic (exact) mass is 392 g/mol. The molecule has 0 atom stereocenters. The van der Waals surface area contributed by atoms with Crippen LogP contribution in [0.5, 0.6) is 0 Å². The number of aliphatic carboxylic acids is 1. The van der Waals surface area contributed by atoms with Crippen LogP contribution < -0.4 is 10.6 Å². The number of carboxylic acids is 1. The number of para-hydroxylation sites is 1. The molecule has 26 heavy (non-hydrogen) atoms. The second kappa shape index (κ2) is 9.84. The molecule has 0 spiro atoms. The van der Waals surface area contributed by atoms with Gasteiger partial charge >= 0.3 is 5.97 Å².